The van der Waals surface area contributed by atoms with Crippen LogP contribution in [0.15, 0.2) is 87.8 Å². The van der Waals surface area contributed by atoms with E-state index in [1.807, 2.05) is 18.2 Å². The number of hydrogen-bond donors (Lipinski definition) is 0. The summed E-state index contributed by atoms with van der Waals surface area (Å²) in [4.78, 5) is 0. The van der Waals surface area contributed by atoms with Gasteiger partial charge in [0.1, 0.15) is 11.2 Å². The topological polar surface area (TPSA) is 13.1 Å². The molecular formula is C22H13BrO. The van der Waals surface area contributed by atoms with Gasteiger partial charge in [0.15, 0.2) is 0 Å². The highest BCUT2D eigenvalue weighted by atomic mass is 79.9. The minimum Gasteiger partial charge on any atom is -0.455 e. The van der Waals surface area contributed by atoms with Crippen molar-refractivity contribution in [3.8, 4) is 11.1 Å². The van der Waals surface area contributed by atoms with E-state index in [0.29, 0.717) is 0 Å². The third kappa shape index (κ3) is 1.93. The fraction of sp³-hybridized carbons (Fsp3) is 0. The van der Waals surface area contributed by atoms with E-state index in [4.69, 9.17) is 4.42 Å². The van der Waals surface area contributed by atoms with Crippen molar-refractivity contribution < 1.29 is 4.42 Å². The Morgan fingerprint density at radius 2 is 1.42 bits per heavy atom. The van der Waals surface area contributed by atoms with Gasteiger partial charge in [-0.25, -0.2) is 0 Å². The van der Waals surface area contributed by atoms with Crippen LogP contribution in [-0.4, -0.2) is 0 Å². The lowest BCUT2D eigenvalue weighted by molar-refractivity contribution is 0.672. The molecule has 0 unspecified atom stereocenters. The van der Waals surface area contributed by atoms with Crippen molar-refractivity contribution in [1.29, 1.82) is 0 Å². The van der Waals surface area contributed by atoms with Crippen LogP contribution >= 0.6 is 15.9 Å². The maximum Gasteiger partial charge on any atom is 0.143 e. The predicted molar refractivity (Wildman–Crippen MR) is 104 cm³/mol. The van der Waals surface area contributed by atoms with Crippen LogP contribution in [0, 0.1) is 0 Å². The number of hydrogen-bond acceptors (Lipinski definition) is 1. The van der Waals surface area contributed by atoms with Crippen molar-refractivity contribution in [3.05, 3.63) is 83.3 Å². The Hall–Kier alpha value is -2.58. The van der Waals surface area contributed by atoms with Crippen molar-refractivity contribution in [3.63, 3.8) is 0 Å². The summed E-state index contributed by atoms with van der Waals surface area (Å²) in [7, 11) is 0. The van der Waals surface area contributed by atoms with E-state index in [-0.39, 0.29) is 0 Å². The summed E-state index contributed by atoms with van der Waals surface area (Å²) < 4.78 is 7.27. The largest absolute Gasteiger partial charge is 0.455 e. The van der Waals surface area contributed by atoms with E-state index in [0.717, 1.165) is 31.8 Å². The fourth-order valence-corrected chi connectivity index (χ4v) is 4.03. The third-order valence-corrected chi connectivity index (χ3v) is 5.21. The molecule has 0 spiro atoms. The smallest absolute Gasteiger partial charge is 0.143 e. The van der Waals surface area contributed by atoms with Crippen LogP contribution in [0.25, 0.3) is 43.8 Å². The third-order valence-electron chi connectivity index (χ3n) is 4.55. The van der Waals surface area contributed by atoms with Gasteiger partial charge in [-0.15, -0.1) is 0 Å². The molecule has 0 aliphatic rings. The summed E-state index contributed by atoms with van der Waals surface area (Å²) in [5, 5.41) is 4.65. The first kappa shape index (κ1) is 13.8. The minimum absolute atomic E-state index is 0.914. The molecule has 0 saturated carbocycles. The fourth-order valence-electron chi connectivity index (χ4n) is 3.47. The first-order chi connectivity index (χ1) is 11.8. The summed E-state index contributed by atoms with van der Waals surface area (Å²) in [5.74, 6) is 0. The SMILES string of the molecule is Brc1cccc2oc3c4cccc(-c5ccccc5)c4ccc3c12. The Bertz CT molecular complexity index is 1200. The highest BCUT2D eigenvalue weighted by molar-refractivity contribution is 9.10. The molecule has 114 valence electrons. The van der Waals surface area contributed by atoms with E-state index in [1.165, 1.54) is 16.5 Å². The maximum atomic E-state index is 6.21. The molecule has 0 amide bonds. The molecule has 5 aromatic rings. The lowest BCUT2D eigenvalue weighted by Crippen LogP contribution is -1.81. The van der Waals surface area contributed by atoms with Gasteiger partial charge >= 0.3 is 0 Å². The molecule has 5 rings (SSSR count). The number of halogens is 1. The lowest BCUT2D eigenvalue weighted by Gasteiger charge is -2.07. The lowest BCUT2D eigenvalue weighted by atomic mass is 9.97. The van der Waals surface area contributed by atoms with Gasteiger partial charge in [0, 0.05) is 20.6 Å². The first-order valence-corrected chi connectivity index (χ1v) is 8.70. The molecule has 0 radical (unpaired) electrons. The summed E-state index contributed by atoms with van der Waals surface area (Å²) in [5.41, 5.74) is 4.32. The number of benzene rings is 4. The summed E-state index contributed by atoms with van der Waals surface area (Å²) in [6.45, 7) is 0. The van der Waals surface area contributed by atoms with Crippen LogP contribution in [0.1, 0.15) is 0 Å². The molecule has 0 atom stereocenters. The van der Waals surface area contributed by atoms with Gasteiger partial charge in [0.05, 0.1) is 0 Å². The van der Waals surface area contributed by atoms with Crippen LogP contribution in [0.2, 0.25) is 0 Å². The zero-order chi connectivity index (χ0) is 16.1. The zero-order valence-electron chi connectivity index (χ0n) is 12.8. The Morgan fingerprint density at radius 3 is 2.29 bits per heavy atom. The highest BCUT2D eigenvalue weighted by Crippen LogP contribution is 2.39. The van der Waals surface area contributed by atoms with Crippen LogP contribution in [0.5, 0.6) is 0 Å². The first-order valence-electron chi connectivity index (χ1n) is 7.91. The van der Waals surface area contributed by atoms with Crippen LogP contribution in [0.3, 0.4) is 0 Å². The van der Waals surface area contributed by atoms with E-state index < -0.39 is 0 Å². The Balaban J connectivity index is 1.93. The van der Waals surface area contributed by atoms with Gasteiger partial charge in [0.2, 0.25) is 0 Å². The Labute approximate surface area is 147 Å². The molecular weight excluding hydrogens is 360 g/mol. The second-order valence-corrected chi connectivity index (χ2v) is 6.78. The zero-order valence-corrected chi connectivity index (χ0v) is 14.4. The summed E-state index contributed by atoms with van der Waals surface area (Å²) in [6.07, 6.45) is 0. The number of furan rings is 1. The molecule has 0 N–H and O–H groups in total. The molecule has 1 nitrogen and oxygen atoms in total. The number of rotatable bonds is 1. The molecule has 0 bridgehead atoms. The minimum atomic E-state index is 0.914. The number of fused-ring (bicyclic) bond motifs is 5. The Morgan fingerprint density at radius 1 is 0.625 bits per heavy atom. The van der Waals surface area contributed by atoms with E-state index in [1.54, 1.807) is 0 Å². The van der Waals surface area contributed by atoms with Crippen LogP contribution in [0.4, 0.5) is 0 Å². The summed E-state index contributed by atoms with van der Waals surface area (Å²) >= 11 is 3.65. The second-order valence-electron chi connectivity index (χ2n) is 5.92. The van der Waals surface area contributed by atoms with Crippen molar-refractivity contribution in [2.24, 2.45) is 0 Å². The van der Waals surface area contributed by atoms with Gasteiger partial charge in [-0.3, -0.25) is 0 Å². The van der Waals surface area contributed by atoms with Gasteiger partial charge in [-0.2, -0.15) is 0 Å². The van der Waals surface area contributed by atoms with Crippen molar-refractivity contribution in [2.45, 2.75) is 0 Å². The molecule has 0 aliphatic carbocycles. The molecule has 0 aliphatic heterocycles. The Kier molecular flexibility index (Phi) is 3.00. The molecule has 1 heterocycles. The highest BCUT2D eigenvalue weighted by Gasteiger charge is 2.14. The summed E-state index contributed by atoms with van der Waals surface area (Å²) in [6, 6.07) is 27.4. The molecule has 2 heteroatoms. The van der Waals surface area contributed by atoms with E-state index >= 15 is 0 Å². The van der Waals surface area contributed by atoms with Crippen molar-refractivity contribution >= 4 is 48.6 Å². The van der Waals surface area contributed by atoms with Gasteiger partial charge < -0.3 is 4.42 Å². The predicted octanol–water partition coefficient (Wildman–Crippen LogP) is 7.17. The van der Waals surface area contributed by atoms with Crippen LogP contribution < -0.4 is 0 Å². The van der Waals surface area contributed by atoms with Crippen molar-refractivity contribution in [1.82, 2.24) is 0 Å². The monoisotopic (exact) mass is 372 g/mol. The molecule has 24 heavy (non-hydrogen) atoms. The van der Waals surface area contributed by atoms with Gasteiger partial charge in [-0.05, 0) is 34.7 Å². The van der Waals surface area contributed by atoms with Crippen molar-refractivity contribution in [2.75, 3.05) is 0 Å². The van der Waals surface area contributed by atoms with Gasteiger partial charge in [0.25, 0.3) is 0 Å². The maximum absolute atomic E-state index is 6.21. The van der Waals surface area contributed by atoms with Crippen LogP contribution in [-0.2, 0) is 0 Å². The average Bonchev–Trinajstić information content (AvgIpc) is 3.02. The van der Waals surface area contributed by atoms with Gasteiger partial charge in [-0.1, -0.05) is 76.6 Å². The quantitative estimate of drug-likeness (QED) is 0.304. The standard InChI is InChI=1S/C22H13BrO/c23-19-10-5-11-20-21(19)18-13-12-16-15(14-6-2-1-3-7-14)8-4-9-17(16)22(18)24-20/h1-13H. The second kappa shape index (κ2) is 5.22. The van der Waals surface area contributed by atoms with E-state index in [9.17, 15) is 0 Å². The molecule has 4 aromatic carbocycles. The molecule has 1 aromatic heterocycles. The average molecular weight is 373 g/mol. The van der Waals surface area contributed by atoms with E-state index in [2.05, 4.69) is 76.6 Å². The molecule has 0 fully saturated rings. The molecule has 0 saturated heterocycles. The normalized spacial score (nSPS) is 11.5.